The number of pyridine rings is 1. The summed E-state index contributed by atoms with van der Waals surface area (Å²) in [5.41, 5.74) is 8.79. The maximum atomic E-state index is 13.1. The van der Waals surface area contributed by atoms with Crippen LogP contribution in [0.5, 0.6) is 0 Å². The summed E-state index contributed by atoms with van der Waals surface area (Å²) < 4.78 is 14.7. The third-order valence-electron chi connectivity index (χ3n) is 3.40. The van der Waals surface area contributed by atoms with Crippen LogP contribution in [0.1, 0.15) is 23.7 Å². The summed E-state index contributed by atoms with van der Waals surface area (Å²) in [6.07, 6.45) is 2.09. The van der Waals surface area contributed by atoms with Crippen molar-refractivity contribution >= 4 is 17.0 Å². The molecule has 3 rings (SSSR count). The zero-order chi connectivity index (χ0) is 15.0. The highest BCUT2D eigenvalue weighted by molar-refractivity contribution is 6.09. The van der Waals surface area contributed by atoms with Crippen molar-refractivity contribution in [3.63, 3.8) is 0 Å². The first-order chi connectivity index (χ1) is 10.1. The number of fused-ring (bicyclic) bond motifs is 1. The number of halogens is 1. The van der Waals surface area contributed by atoms with E-state index in [4.69, 9.17) is 5.73 Å². The smallest absolute Gasteiger partial charge is 0.167 e. The fourth-order valence-corrected chi connectivity index (χ4v) is 2.38. The van der Waals surface area contributed by atoms with Gasteiger partial charge in [0.15, 0.2) is 5.78 Å². The molecule has 1 aromatic carbocycles. The van der Waals surface area contributed by atoms with Gasteiger partial charge in [0.05, 0.1) is 11.3 Å². The Morgan fingerprint density at radius 1 is 1.29 bits per heavy atom. The molecule has 4 nitrogen and oxygen atoms in total. The molecule has 106 valence electrons. The zero-order valence-electron chi connectivity index (χ0n) is 11.5. The average molecular weight is 283 g/mol. The number of rotatable bonds is 3. The van der Waals surface area contributed by atoms with Gasteiger partial charge in [0, 0.05) is 18.2 Å². The van der Waals surface area contributed by atoms with E-state index in [1.807, 2.05) is 0 Å². The molecule has 0 aliphatic rings. The number of aromatic nitrogens is 2. The fourth-order valence-electron chi connectivity index (χ4n) is 2.38. The number of carbonyl (C=O) groups excluding carboxylic acids is 1. The molecule has 2 aromatic heterocycles. The number of nitrogens with two attached hydrogens (primary N) is 1. The monoisotopic (exact) mass is 283 g/mol. The molecule has 5 heteroatoms. The lowest BCUT2D eigenvalue weighted by atomic mass is 10.0. The van der Waals surface area contributed by atoms with Crippen LogP contribution in [0.25, 0.3) is 16.8 Å². The molecular weight excluding hydrogens is 269 g/mol. The fraction of sp³-hybridized carbons (Fsp3) is 0.125. The SMILES string of the molecule is CCC(=O)c1c(-c2ccc(F)cc2)nn2cccc(N)c12. The van der Waals surface area contributed by atoms with Crippen molar-refractivity contribution in [1.82, 2.24) is 9.61 Å². The number of hydrogen-bond donors (Lipinski definition) is 1. The molecule has 0 atom stereocenters. The lowest BCUT2D eigenvalue weighted by Crippen LogP contribution is -2.00. The van der Waals surface area contributed by atoms with Crippen LogP contribution >= 0.6 is 0 Å². The third kappa shape index (κ3) is 2.16. The van der Waals surface area contributed by atoms with Gasteiger partial charge in [-0.1, -0.05) is 6.92 Å². The zero-order valence-corrected chi connectivity index (χ0v) is 11.5. The van der Waals surface area contributed by atoms with Crippen molar-refractivity contribution in [3.8, 4) is 11.3 Å². The van der Waals surface area contributed by atoms with E-state index in [0.29, 0.717) is 34.4 Å². The summed E-state index contributed by atoms with van der Waals surface area (Å²) in [5.74, 6) is -0.368. The van der Waals surface area contributed by atoms with Crippen LogP contribution in [-0.2, 0) is 0 Å². The molecule has 0 radical (unpaired) electrons. The van der Waals surface area contributed by atoms with Crippen LogP contribution < -0.4 is 5.73 Å². The van der Waals surface area contributed by atoms with Crippen LogP contribution in [0.3, 0.4) is 0 Å². The molecular formula is C16H14FN3O. The number of ketones is 1. The minimum Gasteiger partial charge on any atom is -0.397 e. The standard InChI is InChI=1S/C16H14FN3O/c1-2-13(21)14-15(10-5-7-11(17)8-6-10)19-20-9-3-4-12(18)16(14)20/h3-9H,2,18H2,1H3. The summed E-state index contributed by atoms with van der Waals surface area (Å²) in [6, 6.07) is 9.42. The van der Waals surface area contributed by atoms with E-state index in [1.165, 1.54) is 12.1 Å². The topological polar surface area (TPSA) is 60.4 Å². The molecule has 0 fully saturated rings. The molecule has 0 amide bonds. The molecule has 0 saturated heterocycles. The molecule has 0 bridgehead atoms. The molecule has 0 aliphatic carbocycles. The minimum atomic E-state index is -0.328. The number of anilines is 1. The van der Waals surface area contributed by atoms with Gasteiger partial charge in [-0.3, -0.25) is 4.79 Å². The van der Waals surface area contributed by atoms with Crippen molar-refractivity contribution in [2.45, 2.75) is 13.3 Å². The van der Waals surface area contributed by atoms with Gasteiger partial charge in [-0.05, 0) is 36.4 Å². The Kier molecular flexibility index (Phi) is 3.17. The summed E-state index contributed by atoms with van der Waals surface area (Å²) in [7, 11) is 0. The van der Waals surface area contributed by atoms with E-state index < -0.39 is 0 Å². The highest BCUT2D eigenvalue weighted by atomic mass is 19.1. The number of carbonyl (C=O) groups is 1. The molecule has 0 saturated carbocycles. The number of benzene rings is 1. The predicted molar refractivity (Wildman–Crippen MR) is 79.6 cm³/mol. The van der Waals surface area contributed by atoms with Gasteiger partial charge < -0.3 is 5.73 Å². The van der Waals surface area contributed by atoms with Crippen molar-refractivity contribution in [3.05, 3.63) is 54.0 Å². The first kappa shape index (κ1) is 13.3. The average Bonchev–Trinajstić information content (AvgIpc) is 2.88. The molecule has 0 aliphatic heterocycles. The number of nitrogen functional groups attached to an aromatic ring is 1. The maximum absolute atomic E-state index is 13.1. The molecule has 0 spiro atoms. The summed E-state index contributed by atoms with van der Waals surface area (Å²) >= 11 is 0. The molecule has 3 aromatic rings. The summed E-state index contributed by atoms with van der Waals surface area (Å²) in [6.45, 7) is 1.79. The Morgan fingerprint density at radius 3 is 2.67 bits per heavy atom. The maximum Gasteiger partial charge on any atom is 0.167 e. The summed E-state index contributed by atoms with van der Waals surface area (Å²) in [4.78, 5) is 12.3. The van der Waals surface area contributed by atoms with E-state index in [9.17, 15) is 9.18 Å². The second-order valence-corrected chi connectivity index (χ2v) is 4.76. The second-order valence-electron chi connectivity index (χ2n) is 4.76. The van der Waals surface area contributed by atoms with Gasteiger partial charge >= 0.3 is 0 Å². The number of hydrogen-bond acceptors (Lipinski definition) is 3. The van der Waals surface area contributed by atoms with Gasteiger partial charge in [-0.25, -0.2) is 8.91 Å². The first-order valence-corrected chi connectivity index (χ1v) is 6.67. The van der Waals surface area contributed by atoms with E-state index in [1.54, 1.807) is 41.9 Å². The lowest BCUT2D eigenvalue weighted by Gasteiger charge is -2.02. The number of nitrogens with zero attached hydrogens (tertiary/aromatic N) is 2. The van der Waals surface area contributed by atoms with Crippen LogP contribution in [-0.4, -0.2) is 15.4 Å². The Hall–Kier alpha value is -2.69. The molecule has 21 heavy (non-hydrogen) atoms. The van der Waals surface area contributed by atoms with E-state index in [-0.39, 0.29) is 11.6 Å². The largest absolute Gasteiger partial charge is 0.397 e. The van der Waals surface area contributed by atoms with Crippen LogP contribution in [0.15, 0.2) is 42.6 Å². The van der Waals surface area contributed by atoms with Crippen LogP contribution in [0.2, 0.25) is 0 Å². The van der Waals surface area contributed by atoms with E-state index >= 15 is 0 Å². The van der Waals surface area contributed by atoms with E-state index in [0.717, 1.165) is 0 Å². The number of Topliss-reactive ketones (excluding diaryl/α,β-unsaturated/α-hetero) is 1. The highest BCUT2D eigenvalue weighted by Crippen LogP contribution is 2.30. The normalized spacial score (nSPS) is 11.0. The highest BCUT2D eigenvalue weighted by Gasteiger charge is 2.21. The minimum absolute atomic E-state index is 0.0396. The second kappa shape index (κ2) is 5.01. The van der Waals surface area contributed by atoms with Gasteiger partial charge in [0.1, 0.15) is 17.0 Å². The Morgan fingerprint density at radius 2 is 2.00 bits per heavy atom. The lowest BCUT2D eigenvalue weighted by molar-refractivity contribution is 0.0990. The van der Waals surface area contributed by atoms with Gasteiger partial charge in [0.2, 0.25) is 0 Å². The van der Waals surface area contributed by atoms with Gasteiger partial charge in [-0.15, -0.1) is 0 Å². The molecule has 2 heterocycles. The Labute approximate surface area is 121 Å². The molecule has 0 unspecified atom stereocenters. The van der Waals surface area contributed by atoms with Crippen molar-refractivity contribution < 1.29 is 9.18 Å². The predicted octanol–water partition coefficient (Wildman–Crippen LogP) is 3.32. The first-order valence-electron chi connectivity index (χ1n) is 6.67. The van der Waals surface area contributed by atoms with Crippen LogP contribution in [0, 0.1) is 5.82 Å². The Bertz CT molecular complexity index is 821. The third-order valence-corrected chi connectivity index (χ3v) is 3.40. The van der Waals surface area contributed by atoms with Crippen molar-refractivity contribution in [1.29, 1.82) is 0 Å². The van der Waals surface area contributed by atoms with E-state index in [2.05, 4.69) is 5.10 Å². The van der Waals surface area contributed by atoms with Crippen LogP contribution in [0.4, 0.5) is 10.1 Å². The van der Waals surface area contributed by atoms with Crippen molar-refractivity contribution in [2.75, 3.05) is 5.73 Å². The van der Waals surface area contributed by atoms with Gasteiger partial charge in [-0.2, -0.15) is 5.10 Å². The summed E-state index contributed by atoms with van der Waals surface area (Å²) in [5, 5.41) is 4.44. The molecule has 2 N–H and O–H groups in total. The quantitative estimate of drug-likeness (QED) is 0.750. The van der Waals surface area contributed by atoms with Gasteiger partial charge in [0.25, 0.3) is 0 Å². The van der Waals surface area contributed by atoms with Crippen molar-refractivity contribution in [2.24, 2.45) is 0 Å². The Balaban J connectivity index is 2.34.